The summed E-state index contributed by atoms with van der Waals surface area (Å²) in [5.41, 5.74) is 3.91. The maximum atomic E-state index is 13.8. The number of benzene rings is 5. The Kier molecular flexibility index (Phi) is 13.0. The van der Waals surface area contributed by atoms with Gasteiger partial charge in [0.15, 0.2) is 16.6 Å². The monoisotopic (exact) mass is 770 g/mol. The first-order valence-electron chi connectivity index (χ1n) is 17.3. The number of nitrogens with zero attached hydrogens (tertiary/aromatic N) is 1. The van der Waals surface area contributed by atoms with E-state index in [0.717, 1.165) is 16.0 Å². The average Bonchev–Trinajstić information content (AvgIpc) is 3.69. The number of thioether (sulfide) groups is 1. The van der Waals surface area contributed by atoms with E-state index in [1.165, 1.54) is 23.1 Å². The molecule has 12 heteroatoms. The van der Waals surface area contributed by atoms with Crippen LogP contribution in [0.1, 0.15) is 33.7 Å². The third-order valence-corrected chi connectivity index (χ3v) is 10.2. The van der Waals surface area contributed by atoms with Gasteiger partial charge >= 0.3 is 0 Å². The Morgan fingerprint density at radius 3 is 2.18 bits per heavy atom. The van der Waals surface area contributed by atoms with Gasteiger partial charge in [-0.25, -0.2) is 4.98 Å². The minimum Gasteiger partial charge on any atom is -0.493 e. The lowest BCUT2D eigenvalue weighted by Gasteiger charge is -2.17. The SMILES string of the molecule is CCOc1ccccc1/C=C(\NC(=O)c1ccccc1)C(=O)Nc1ccc(SC(C(=O)Nc2nc(-c3ccc(OC)c(OC)c3)cs2)c2ccccc2)cc1. The highest BCUT2D eigenvalue weighted by atomic mass is 32.2. The van der Waals surface area contributed by atoms with Crippen molar-refractivity contribution in [1.82, 2.24) is 10.3 Å². The molecule has 0 spiro atoms. The first kappa shape index (κ1) is 38.4. The molecule has 0 bridgehead atoms. The topological polar surface area (TPSA) is 128 Å². The van der Waals surface area contributed by atoms with Gasteiger partial charge in [0.2, 0.25) is 5.91 Å². The zero-order chi connectivity index (χ0) is 38.6. The van der Waals surface area contributed by atoms with E-state index in [0.29, 0.717) is 51.5 Å². The van der Waals surface area contributed by atoms with Gasteiger partial charge in [-0.15, -0.1) is 23.1 Å². The summed E-state index contributed by atoms with van der Waals surface area (Å²) in [5.74, 6) is 0.589. The standard InChI is InChI=1S/C43H38N4O6S2/c1-4-53-36-18-12-11-17-31(36)25-34(45-40(48)29-15-9-6-10-16-29)41(49)44-32-20-22-33(23-21-32)55-39(28-13-7-5-8-14-28)42(50)47-43-46-35(27-54-43)30-19-24-37(51-2)38(26-30)52-3/h5-27,39H,4H2,1-3H3,(H,44,49)(H,45,48)(H,46,47,50)/b34-25-. The summed E-state index contributed by atoms with van der Waals surface area (Å²) in [4.78, 5) is 46.2. The van der Waals surface area contributed by atoms with Crippen molar-refractivity contribution in [3.8, 4) is 28.5 Å². The van der Waals surface area contributed by atoms with Crippen LogP contribution in [0.15, 0.2) is 143 Å². The number of rotatable bonds is 15. The van der Waals surface area contributed by atoms with E-state index in [2.05, 4.69) is 20.9 Å². The average molecular weight is 771 g/mol. The van der Waals surface area contributed by atoms with Gasteiger partial charge in [-0.2, -0.15) is 0 Å². The summed E-state index contributed by atoms with van der Waals surface area (Å²) in [6, 6.07) is 38.2. The van der Waals surface area contributed by atoms with Crippen LogP contribution >= 0.6 is 23.1 Å². The Bertz CT molecular complexity index is 2280. The van der Waals surface area contributed by atoms with Crippen molar-refractivity contribution >= 4 is 57.7 Å². The Morgan fingerprint density at radius 2 is 1.47 bits per heavy atom. The number of aromatic nitrogens is 1. The summed E-state index contributed by atoms with van der Waals surface area (Å²) in [6.07, 6.45) is 1.59. The fourth-order valence-electron chi connectivity index (χ4n) is 5.47. The number of carbonyl (C=O) groups is 3. The van der Waals surface area contributed by atoms with Gasteiger partial charge in [0.1, 0.15) is 16.7 Å². The number of methoxy groups -OCH3 is 2. The van der Waals surface area contributed by atoms with Crippen LogP contribution in [0.4, 0.5) is 10.8 Å². The second-order valence-corrected chi connectivity index (χ2v) is 13.9. The summed E-state index contributed by atoms with van der Waals surface area (Å²) in [6.45, 7) is 2.31. The lowest BCUT2D eigenvalue weighted by molar-refractivity contribution is -0.116. The molecule has 0 aliphatic rings. The van der Waals surface area contributed by atoms with Crippen molar-refractivity contribution in [1.29, 1.82) is 0 Å². The number of amides is 3. The molecule has 6 rings (SSSR count). The lowest BCUT2D eigenvalue weighted by atomic mass is 10.1. The summed E-state index contributed by atoms with van der Waals surface area (Å²) >= 11 is 2.70. The number of hydrogen-bond donors (Lipinski definition) is 3. The van der Waals surface area contributed by atoms with Crippen molar-refractivity contribution < 1.29 is 28.6 Å². The van der Waals surface area contributed by atoms with Gasteiger partial charge in [-0.1, -0.05) is 66.7 Å². The van der Waals surface area contributed by atoms with Crippen LogP contribution in [-0.4, -0.2) is 43.5 Å². The molecule has 0 radical (unpaired) electrons. The van der Waals surface area contributed by atoms with E-state index < -0.39 is 17.1 Å². The number of carbonyl (C=O) groups excluding carboxylic acids is 3. The molecule has 10 nitrogen and oxygen atoms in total. The predicted molar refractivity (Wildman–Crippen MR) is 219 cm³/mol. The Balaban J connectivity index is 1.18. The molecular weight excluding hydrogens is 733 g/mol. The quantitative estimate of drug-likeness (QED) is 0.0697. The van der Waals surface area contributed by atoms with E-state index in [-0.39, 0.29) is 11.6 Å². The number of nitrogens with one attached hydrogen (secondary N) is 3. The van der Waals surface area contributed by atoms with Gasteiger partial charge in [0, 0.05) is 32.7 Å². The molecular formula is C43H38N4O6S2. The number of para-hydroxylation sites is 1. The molecule has 3 N–H and O–H groups in total. The molecule has 55 heavy (non-hydrogen) atoms. The van der Waals surface area contributed by atoms with E-state index in [1.54, 1.807) is 62.8 Å². The molecule has 1 atom stereocenters. The Hall–Kier alpha value is -6.37. The largest absolute Gasteiger partial charge is 0.493 e. The molecule has 0 saturated carbocycles. The maximum Gasteiger partial charge on any atom is 0.272 e. The Labute approximate surface area is 327 Å². The van der Waals surface area contributed by atoms with Gasteiger partial charge < -0.3 is 30.2 Å². The van der Waals surface area contributed by atoms with E-state index in [4.69, 9.17) is 14.2 Å². The molecule has 0 fully saturated rings. The van der Waals surface area contributed by atoms with Crippen molar-refractivity contribution in [3.05, 3.63) is 155 Å². The molecule has 0 saturated heterocycles. The van der Waals surface area contributed by atoms with Crippen molar-refractivity contribution in [2.24, 2.45) is 0 Å². The van der Waals surface area contributed by atoms with Crippen LogP contribution in [0.2, 0.25) is 0 Å². The molecule has 1 unspecified atom stereocenters. The van der Waals surface area contributed by atoms with Gasteiger partial charge in [0.05, 0.1) is 26.5 Å². The molecule has 0 aliphatic carbocycles. The summed E-state index contributed by atoms with van der Waals surface area (Å²) in [5, 5.41) is 10.4. The predicted octanol–water partition coefficient (Wildman–Crippen LogP) is 9.11. The van der Waals surface area contributed by atoms with Crippen LogP contribution in [0, 0.1) is 0 Å². The van der Waals surface area contributed by atoms with E-state index >= 15 is 0 Å². The molecule has 278 valence electrons. The second kappa shape index (κ2) is 18.6. The van der Waals surface area contributed by atoms with Gasteiger partial charge in [0.25, 0.3) is 11.8 Å². The fourth-order valence-corrected chi connectivity index (χ4v) is 7.21. The highest BCUT2D eigenvalue weighted by Gasteiger charge is 2.24. The molecule has 6 aromatic rings. The normalized spacial score (nSPS) is 11.6. The molecule has 1 aromatic heterocycles. The van der Waals surface area contributed by atoms with Gasteiger partial charge in [-0.3, -0.25) is 14.4 Å². The number of anilines is 2. The van der Waals surface area contributed by atoms with Crippen LogP contribution in [0.25, 0.3) is 17.3 Å². The summed E-state index contributed by atoms with van der Waals surface area (Å²) in [7, 11) is 3.16. The molecule has 1 heterocycles. The zero-order valence-corrected chi connectivity index (χ0v) is 31.9. The first-order valence-corrected chi connectivity index (χ1v) is 19.0. The highest BCUT2D eigenvalue weighted by Crippen LogP contribution is 2.38. The van der Waals surface area contributed by atoms with E-state index in [9.17, 15) is 14.4 Å². The number of hydrogen-bond acceptors (Lipinski definition) is 9. The second-order valence-electron chi connectivity index (χ2n) is 11.8. The molecule has 3 amide bonds. The first-order chi connectivity index (χ1) is 26.8. The summed E-state index contributed by atoms with van der Waals surface area (Å²) < 4.78 is 16.5. The van der Waals surface area contributed by atoms with Crippen LogP contribution in [0.5, 0.6) is 17.2 Å². The number of thiazole rings is 1. The smallest absolute Gasteiger partial charge is 0.272 e. The van der Waals surface area contributed by atoms with Crippen LogP contribution in [-0.2, 0) is 9.59 Å². The van der Waals surface area contributed by atoms with Crippen LogP contribution in [0.3, 0.4) is 0 Å². The van der Waals surface area contributed by atoms with E-state index in [1.807, 2.05) is 97.2 Å². The minimum absolute atomic E-state index is 0.0387. The third-order valence-electron chi connectivity index (χ3n) is 8.17. The maximum absolute atomic E-state index is 13.8. The molecule has 5 aromatic carbocycles. The lowest BCUT2D eigenvalue weighted by Crippen LogP contribution is -2.30. The van der Waals surface area contributed by atoms with Gasteiger partial charge in [-0.05, 0) is 79.2 Å². The van der Waals surface area contributed by atoms with Crippen molar-refractivity contribution in [2.75, 3.05) is 31.5 Å². The zero-order valence-electron chi connectivity index (χ0n) is 30.3. The third kappa shape index (κ3) is 9.99. The highest BCUT2D eigenvalue weighted by molar-refractivity contribution is 8.00. The fraction of sp³-hybridized carbons (Fsp3) is 0.116. The number of ether oxygens (including phenoxy) is 3. The molecule has 0 aliphatic heterocycles. The van der Waals surface area contributed by atoms with Crippen molar-refractivity contribution in [2.45, 2.75) is 17.1 Å². The minimum atomic E-state index is -0.608. The van der Waals surface area contributed by atoms with Crippen LogP contribution < -0.4 is 30.2 Å². The van der Waals surface area contributed by atoms with Crippen molar-refractivity contribution in [3.63, 3.8) is 0 Å². The Morgan fingerprint density at radius 1 is 0.782 bits per heavy atom.